The fourth-order valence-electron chi connectivity index (χ4n) is 3.38. The minimum absolute atomic E-state index is 0.0112. The van der Waals surface area contributed by atoms with E-state index < -0.39 is 35.5 Å². The number of aromatic nitrogens is 6. The summed E-state index contributed by atoms with van der Waals surface area (Å²) in [4.78, 5) is 30.6. The van der Waals surface area contributed by atoms with Gasteiger partial charge in [-0.05, 0) is 39.8 Å². The van der Waals surface area contributed by atoms with Gasteiger partial charge in [0.1, 0.15) is 15.1 Å². The highest BCUT2D eigenvalue weighted by molar-refractivity contribution is 6.33. The van der Waals surface area contributed by atoms with Crippen LogP contribution in [0.4, 0.5) is 35.9 Å². The SMILES string of the molecule is CCNC(=O)n1nc(Oc2ncc(C(F)(F)F)cc2Cl)c(Cl)c1C.CCNC(=O)n1nc(Oc2ncc(C(F)(F)F)cc2Cl)cc1C. The number of pyridine rings is 2. The van der Waals surface area contributed by atoms with Gasteiger partial charge in [-0.2, -0.15) is 35.7 Å². The van der Waals surface area contributed by atoms with Crippen LogP contribution < -0.4 is 20.1 Å². The van der Waals surface area contributed by atoms with Crippen LogP contribution in [0.5, 0.6) is 23.5 Å². The largest absolute Gasteiger partial charge is 0.417 e. The molecule has 4 aromatic heterocycles. The van der Waals surface area contributed by atoms with Crippen molar-refractivity contribution in [2.75, 3.05) is 13.1 Å². The summed E-state index contributed by atoms with van der Waals surface area (Å²) in [5.74, 6) is -0.759. The molecule has 0 aliphatic carbocycles. The predicted molar refractivity (Wildman–Crippen MR) is 157 cm³/mol. The van der Waals surface area contributed by atoms with E-state index in [1.54, 1.807) is 20.8 Å². The number of nitrogens with one attached hydrogen (secondary N) is 2. The molecule has 0 radical (unpaired) electrons. The van der Waals surface area contributed by atoms with E-state index >= 15 is 0 Å². The molecule has 12 nitrogen and oxygen atoms in total. The normalized spacial score (nSPS) is 11.4. The maximum absolute atomic E-state index is 12.6. The van der Waals surface area contributed by atoms with Gasteiger partial charge in [-0.15, -0.1) is 10.2 Å². The summed E-state index contributed by atoms with van der Waals surface area (Å²) in [6, 6.07) is 1.83. The Labute approximate surface area is 276 Å². The minimum Gasteiger partial charge on any atom is -0.417 e. The number of alkyl halides is 6. The van der Waals surface area contributed by atoms with E-state index in [4.69, 9.17) is 44.3 Å². The van der Waals surface area contributed by atoms with Crippen LogP contribution in [0, 0.1) is 13.8 Å². The van der Waals surface area contributed by atoms with Crippen LogP contribution in [0.15, 0.2) is 30.6 Å². The molecule has 4 aromatic rings. The number of ether oxygens (including phenoxy) is 2. The van der Waals surface area contributed by atoms with Gasteiger partial charge in [0.2, 0.25) is 17.6 Å². The van der Waals surface area contributed by atoms with E-state index in [9.17, 15) is 35.9 Å². The van der Waals surface area contributed by atoms with Crippen molar-refractivity contribution in [2.45, 2.75) is 40.0 Å². The Morgan fingerprint density at radius 3 is 1.66 bits per heavy atom. The van der Waals surface area contributed by atoms with Crippen LogP contribution in [-0.2, 0) is 12.4 Å². The van der Waals surface area contributed by atoms with Crippen LogP contribution >= 0.6 is 34.8 Å². The molecular formula is C26H23Cl3F6N8O4. The van der Waals surface area contributed by atoms with Crippen molar-refractivity contribution < 1.29 is 45.4 Å². The molecule has 2 amide bonds. The fraction of sp³-hybridized carbons (Fsp3) is 0.308. The molecule has 0 atom stereocenters. The molecule has 4 rings (SSSR count). The first-order valence-electron chi connectivity index (χ1n) is 13.1. The lowest BCUT2D eigenvalue weighted by atomic mass is 10.3. The number of amides is 2. The van der Waals surface area contributed by atoms with E-state index in [1.807, 2.05) is 0 Å². The highest BCUT2D eigenvalue weighted by Gasteiger charge is 2.33. The maximum Gasteiger partial charge on any atom is 0.417 e. The van der Waals surface area contributed by atoms with Crippen LogP contribution in [0.1, 0.15) is 36.4 Å². The molecule has 0 unspecified atom stereocenters. The first kappa shape index (κ1) is 37.2. The molecule has 254 valence electrons. The number of hydrogen-bond donors (Lipinski definition) is 2. The molecule has 0 bridgehead atoms. The zero-order valence-corrected chi connectivity index (χ0v) is 26.8. The molecule has 47 heavy (non-hydrogen) atoms. The van der Waals surface area contributed by atoms with Gasteiger partial charge in [-0.3, -0.25) is 0 Å². The van der Waals surface area contributed by atoms with Gasteiger partial charge < -0.3 is 20.1 Å². The summed E-state index contributed by atoms with van der Waals surface area (Å²) in [6.07, 6.45) is -7.95. The lowest BCUT2D eigenvalue weighted by Crippen LogP contribution is -2.29. The number of nitrogens with zero attached hydrogens (tertiary/aromatic N) is 6. The van der Waals surface area contributed by atoms with Crippen molar-refractivity contribution >= 4 is 46.9 Å². The van der Waals surface area contributed by atoms with Crippen molar-refractivity contribution in [3.8, 4) is 23.5 Å². The van der Waals surface area contributed by atoms with Gasteiger partial charge >= 0.3 is 24.4 Å². The molecule has 4 heterocycles. The van der Waals surface area contributed by atoms with Crippen LogP contribution in [0.3, 0.4) is 0 Å². The van der Waals surface area contributed by atoms with E-state index in [0.29, 0.717) is 49.0 Å². The molecule has 21 heteroatoms. The number of carbonyl (C=O) groups is 2. The Bertz CT molecular complexity index is 1760. The van der Waals surface area contributed by atoms with Gasteiger partial charge in [0.05, 0.1) is 22.5 Å². The Kier molecular flexibility index (Phi) is 11.9. The number of aryl methyl sites for hydroxylation is 1. The monoisotopic (exact) mass is 730 g/mol. The number of hydrogen-bond acceptors (Lipinski definition) is 8. The van der Waals surface area contributed by atoms with Crippen LogP contribution in [0.2, 0.25) is 15.1 Å². The molecule has 2 N–H and O–H groups in total. The Balaban J connectivity index is 0.000000256. The zero-order chi connectivity index (χ0) is 35.3. The number of rotatable bonds is 6. The minimum atomic E-state index is -4.58. The maximum atomic E-state index is 12.6. The molecular weight excluding hydrogens is 709 g/mol. The average molecular weight is 732 g/mol. The quantitative estimate of drug-likeness (QED) is 0.191. The van der Waals surface area contributed by atoms with Crippen molar-refractivity contribution in [2.24, 2.45) is 0 Å². The Morgan fingerprint density at radius 2 is 1.21 bits per heavy atom. The molecule has 0 aliphatic rings. The van der Waals surface area contributed by atoms with Gasteiger partial charge in [-0.1, -0.05) is 34.8 Å². The lowest BCUT2D eigenvalue weighted by Gasteiger charge is -2.08. The van der Waals surface area contributed by atoms with Gasteiger partial charge in [-0.25, -0.2) is 19.6 Å². The smallest absolute Gasteiger partial charge is 0.417 e. The fourth-order valence-corrected chi connectivity index (χ4v) is 3.94. The summed E-state index contributed by atoms with van der Waals surface area (Å²) in [5, 5.41) is 12.2. The molecule has 0 fully saturated rings. The van der Waals surface area contributed by atoms with E-state index in [1.165, 1.54) is 13.0 Å². The third-order valence-corrected chi connectivity index (χ3v) is 6.56. The summed E-state index contributed by atoms with van der Waals surface area (Å²) in [6.45, 7) is 7.41. The predicted octanol–water partition coefficient (Wildman–Crippen LogP) is 7.91. The second kappa shape index (κ2) is 15.1. The Morgan fingerprint density at radius 1 is 0.745 bits per heavy atom. The van der Waals surface area contributed by atoms with E-state index in [2.05, 4.69) is 30.8 Å². The van der Waals surface area contributed by atoms with Gasteiger partial charge in [0.15, 0.2) is 0 Å². The van der Waals surface area contributed by atoms with Crippen molar-refractivity contribution in [1.29, 1.82) is 0 Å². The van der Waals surface area contributed by atoms with E-state index in [0.717, 1.165) is 9.36 Å². The molecule has 0 spiro atoms. The van der Waals surface area contributed by atoms with E-state index in [-0.39, 0.29) is 38.6 Å². The van der Waals surface area contributed by atoms with Gasteiger partial charge in [0, 0.05) is 31.5 Å². The molecule has 0 aliphatic heterocycles. The van der Waals surface area contributed by atoms with Crippen molar-refractivity contribution in [1.82, 2.24) is 40.2 Å². The highest BCUT2D eigenvalue weighted by atomic mass is 35.5. The highest BCUT2D eigenvalue weighted by Crippen LogP contribution is 2.37. The van der Waals surface area contributed by atoms with Crippen molar-refractivity contribution in [3.63, 3.8) is 0 Å². The Hall–Kier alpha value is -4.29. The summed E-state index contributed by atoms with van der Waals surface area (Å²) in [5.41, 5.74) is -1.23. The number of halogens is 9. The summed E-state index contributed by atoms with van der Waals surface area (Å²) in [7, 11) is 0. The lowest BCUT2D eigenvalue weighted by molar-refractivity contribution is -0.138. The second-order valence-corrected chi connectivity index (χ2v) is 10.2. The molecule has 0 saturated carbocycles. The number of carbonyl (C=O) groups excluding carboxylic acids is 2. The average Bonchev–Trinajstić information content (AvgIpc) is 3.48. The molecule has 0 aromatic carbocycles. The summed E-state index contributed by atoms with van der Waals surface area (Å²) < 4.78 is 87.9. The summed E-state index contributed by atoms with van der Waals surface area (Å²) >= 11 is 17.5. The topological polar surface area (TPSA) is 138 Å². The third-order valence-electron chi connectivity index (χ3n) is 5.58. The molecule has 0 saturated heterocycles. The first-order chi connectivity index (χ1) is 21.9. The van der Waals surface area contributed by atoms with Gasteiger partial charge in [0.25, 0.3) is 5.88 Å². The van der Waals surface area contributed by atoms with Crippen molar-refractivity contribution in [3.05, 3.63) is 68.2 Å². The second-order valence-electron chi connectivity index (χ2n) is 9.04. The van der Waals surface area contributed by atoms with Crippen LogP contribution in [-0.4, -0.2) is 54.7 Å². The first-order valence-corrected chi connectivity index (χ1v) is 14.2. The third kappa shape index (κ3) is 9.39. The van der Waals surface area contributed by atoms with Crippen LogP contribution in [0.25, 0.3) is 0 Å². The zero-order valence-electron chi connectivity index (χ0n) is 24.5. The standard InChI is InChI=1S/C13H11Cl2F3N4O2.C13H12ClF3N4O2/c1-3-19-12(23)22-6(2)9(15)11(21-22)24-10-8(14)4-7(5-20-10)13(16,17)18;1-3-18-12(22)21-7(2)4-10(20-21)23-11-9(14)5-8(6-19-11)13(15,16)17/h4-5H,3H2,1-2H3,(H,19,23);4-6H,3H2,1-2H3,(H,18,22).